The molecule has 0 nitrogen and oxygen atoms in total. The predicted molar refractivity (Wildman–Crippen MR) is 51.4 cm³/mol. The molecule has 15 heavy (non-hydrogen) atoms. The molecule has 0 N–H and O–H groups in total. The number of halogens is 4. The van der Waals surface area contributed by atoms with Gasteiger partial charge in [0.1, 0.15) is 0 Å². The first-order valence-corrected chi connectivity index (χ1v) is 5.71. The summed E-state index contributed by atoms with van der Waals surface area (Å²) in [4.78, 5) is 0. The average Bonchev–Trinajstić information content (AvgIpc) is 2.43. The Hall–Kier alpha value is -0.280. The van der Waals surface area contributed by atoms with Crippen LogP contribution < -0.4 is 0 Å². The average molecular weight is 226 g/mol. The molecule has 0 atom stereocenters. The van der Waals surface area contributed by atoms with Crippen LogP contribution in [0, 0.1) is 0 Å². The smallest absolute Gasteiger partial charge is 0.200 e. The van der Waals surface area contributed by atoms with E-state index in [1.165, 1.54) is 38.5 Å². The summed E-state index contributed by atoms with van der Waals surface area (Å²) >= 11 is 0. The minimum absolute atomic E-state index is 0.0694. The van der Waals surface area contributed by atoms with Crippen molar-refractivity contribution in [3.8, 4) is 0 Å². The second-order valence-electron chi connectivity index (χ2n) is 4.38. The van der Waals surface area contributed by atoms with Crippen molar-refractivity contribution in [1.82, 2.24) is 0 Å². The van der Waals surface area contributed by atoms with Gasteiger partial charge in [-0.05, 0) is 6.42 Å². The molecule has 0 aliphatic heterocycles. The van der Waals surface area contributed by atoms with Crippen LogP contribution >= 0.6 is 0 Å². The fourth-order valence-corrected chi connectivity index (χ4v) is 1.96. The second-order valence-corrected chi connectivity index (χ2v) is 4.38. The highest BCUT2D eigenvalue weighted by Crippen LogP contribution is 2.47. The van der Waals surface area contributed by atoms with Gasteiger partial charge in [-0.1, -0.05) is 38.5 Å². The van der Waals surface area contributed by atoms with E-state index < -0.39 is 24.7 Å². The summed E-state index contributed by atoms with van der Waals surface area (Å²) in [6.07, 6.45) is 7.60. The number of rotatable bonds is 0. The lowest BCUT2D eigenvalue weighted by molar-refractivity contribution is -0.185. The molecule has 4 heteroatoms. The van der Waals surface area contributed by atoms with Crippen molar-refractivity contribution in [2.24, 2.45) is 0 Å². The topological polar surface area (TPSA) is 0 Å². The fourth-order valence-electron chi connectivity index (χ4n) is 1.96. The van der Waals surface area contributed by atoms with E-state index in [1.807, 2.05) is 0 Å². The Labute approximate surface area is 88.0 Å². The zero-order valence-corrected chi connectivity index (χ0v) is 8.88. The van der Waals surface area contributed by atoms with Gasteiger partial charge in [0, 0.05) is 12.8 Å². The third-order valence-electron chi connectivity index (χ3n) is 3.02. The van der Waals surface area contributed by atoms with E-state index in [1.54, 1.807) is 0 Å². The fraction of sp³-hybridized carbons (Fsp3) is 1.00. The maximum atomic E-state index is 12.0. The summed E-state index contributed by atoms with van der Waals surface area (Å²) in [5.74, 6) is -7.49. The molecule has 0 bridgehead atoms. The van der Waals surface area contributed by atoms with Crippen molar-refractivity contribution < 1.29 is 17.6 Å². The quantitative estimate of drug-likeness (QED) is 0.521. The Kier molecular flexibility index (Phi) is 4.41. The zero-order chi connectivity index (χ0) is 11.4. The molecular formula is C11H18F4. The summed E-state index contributed by atoms with van der Waals surface area (Å²) in [7, 11) is 0. The molecule has 0 radical (unpaired) electrons. The third-order valence-corrected chi connectivity index (χ3v) is 3.02. The molecule has 0 aromatic heterocycles. The summed E-state index contributed by atoms with van der Waals surface area (Å²) in [5, 5.41) is 0. The minimum Gasteiger partial charge on any atom is -0.200 e. The molecule has 0 saturated heterocycles. The summed E-state index contributed by atoms with van der Waals surface area (Å²) < 4.78 is 47.9. The number of hydrogen-bond donors (Lipinski definition) is 0. The Morgan fingerprint density at radius 2 is 0.733 bits per heavy atom. The first-order chi connectivity index (χ1) is 6.96. The van der Waals surface area contributed by atoms with Gasteiger partial charge in [0.25, 0.3) is 0 Å². The SMILES string of the molecule is C1CCCCC1.FC1(F)CCCC1(F)F. The number of hydrogen-bond acceptors (Lipinski definition) is 0. The largest absolute Gasteiger partial charge is 0.310 e. The van der Waals surface area contributed by atoms with Gasteiger partial charge in [-0.15, -0.1) is 0 Å². The van der Waals surface area contributed by atoms with Gasteiger partial charge in [-0.2, -0.15) is 17.6 Å². The van der Waals surface area contributed by atoms with E-state index in [0.29, 0.717) is 0 Å². The molecule has 0 aromatic rings. The van der Waals surface area contributed by atoms with Gasteiger partial charge in [-0.3, -0.25) is 0 Å². The molecule has 0 unspecified atom stereocenters. The van der Waals surface area contributed by atoms with E-state index in [2.05, 4.69) is 0 Å². The van der Waals surface area contributed by atoms with Gasteiger partial charge in [0.2, 0.25) is 0 Å². The molecule has 0 heterocycles. The molecule has 2 aliphatic carbocycles. The van der Waals surface area contributed by atoms with Crippen LogP contribution in [0.2, 0.25) is 0 Å². The molecule has 0 spiro atoms. The van der Waals surface area contributed by atoms with Gasteiger partial charge < -0.3 is 0 Å². The highest BCUT2D eigenvalue weighted by atomic mass is 19.3. The summed E-state index contributed by atoms with van der Waals surface area (Å²) in [6.45, 7) is 0. The Morgan fingerprint density at radius 3 is 0.867 bits per heavy atom. The molecule has 2 rings (SSSR count). The molecule has 0 aromatic carbocycles. The van der Waals surface area contributed by atoms with Crippen LogP contribution in [0.3, 0.4) is 0 Å². The van der Waals surface area contributed by atoms with Crippen molar-refractivity contribution in [2.45, 2.75) is 69.6 Å². The van der Waals surface area contributed by atoms with Gasteiger partial charge in [0.15, 0.2) is 0 Å². The Bertz CT molecular complexity index is 160. The molecule has 2 saturated carbocycles. The highest BCUT2D eigenvalue weighted by molar-refractivity contribution is 4.90. The first kappa shape index (κ1) is 12.8. The molecular weight excluding hydrogens is 208 g/mol. The van der Waals surface area contributed by atoms with Gasteiger partial charge >= 0.3 is 11.8 Å². The van der Waals surface area contributed by atoms with Gasteiger partial charge in [-0.25, -0.2) is 0 Å². The summed E-state index contributed by atoms with van der Waals surface area (Å²) in [6, 6.07) is 0. The van der Waals surface area contributed by atoms with E-state index >= 15 is 0 Å². The predicted octanol–water partition coefficient (Wildman–Crippen LogP) is 4.78. The van der Waals surface area contributed by atoms with Crippen LogP contribution in [0.15, 0.2) is 0 Å². The van der Waals surface area contributed by atoms with Crippen molar-refractivity contribution in [2.75, 3.05) is 0 Å². The zero-order valence-electron chi connectivity index (χ0n) is 8.88. The van der Waals surface area contributed by atoms with Crippen LogP contribution in [-0.2, 0) is 0 Å². The lowest BCUT2D eigenvalue weighted by Gasteiger charge is -2.16. The van der Waals surface area contributed by atoms with Crippen molar-refractivity contribution in [3.63, 3.8) is 0 Å². The Morgan fingerprint density at radius 1 is 0.467 bits per heavy atom. The van der Waals surface area contributed by atoms with Crippen molar-refractivity contribution in [1.29, 1.82) is 0 Å². The molecule has 2 fully saturated rings. The first-order valence-electron chi connectivity index (χ1n) is 5.71. The normalized spacial score (nSPS) is 28.0. The maximum absolute atomic E-state index is 12.0. The minimum atomic E-state index is -3.74. The van der Waals surface area contributed by atoms with E-state index in [9.17, 15) is 17.6 Å². The third kappa shape index (κ3) is 3.65. The van der Waals surface area contributed by atoms with E-state index in [0.717, 1.165) is 0 Å². The lowest BCUT2D eigenvalue weighted by atomic mass is 10.0. The van der Waals surface area contributed by atoms with Gasteiger partial charge in [0.05, 0.1) is 0 Å². The standard InChI is InChI=1S/C6H12.C5H6F4/c1-2-4-6-5-3-1;6-4(7)2-1-3-5(4,8)9/h1-6H2;1-3H2. The second kappa shape index (κ2) is 5.17. The van der Waals surface area contributed by atoms with Crippen LogP contribution in [0.4, 0.5) is 17.6 Å². The molecule has 0 amide bonds. The van der Waals surface area contributed by atoms with Crippen LogP contribution in [-0.4, -0.2) is 11.8 Å². The van der Waals surface area contributed by atoms with E-state index in [-0.39, 0.29) is 6.42 Å². The van der Waals surface area contributed by atoms with Crippen LogP contribution in [0.1, 0.15) is 57.8 Å². The van der Waals surface area contributed by atoms with Crippen LogP contribution in [0.5, 0.6) is 0 Å². The molecule has 90 valence electrons. The van der Waals surface area contributed by atoms with Crippen molar-refractivity contribution >= 4 is 0 Å². The monoisotopic (exact) mass is 226 g/mol. The maximum Gasteiger partial charge on any atom is 0.310 e. The lowest BCUT2D eigenvalue weighted by Crippen LogP contribution is -2.33. The Balaban J connectivity index is 0.000000162. The molecule has 2 aliphatic rings. The van der Waals surface area contributed by atoms with Crippen molar-refractivity contribution in [3.05, 3.63) is 0 Å². The highest BCUT2D eigenvalue weighted by Gasteiger charge is 2.59. The summed E-state index contributed by atoms with van der Waals surface area (Å²) in [5.41, 5.74) is 0. The number of alkyl halides is 4. The van der Waals surface area contributed by atoms with Crippen LogP contribution in [0.25, 0.3) is 0 Å². The van der Waals surface area contributed by atoms with E-state index in [4.69, 9.17) is 0 Å².